The molecule has 0 spiro atoms. The van der Waals surface area contributed by atoms with Gasteiger partial charge in [0, 0.05) is 6.20 Å². The number of carbonyl (C=O) groups is 1. The summed E-state index contributed by atoms with van der Waals surface area (Å²) in [6.45, 7) is 9.48. The van der Waals surface area contributed by atoms with Gasteiger partial charge in [0.1, 0.15) is 0 Å². The first-order valence-electron chi connectivity index (χ1n) is 7.87. The van der Waals surface area contributed by atoms with Gasteiger partial charge in [-0.1, -0.05) is 20.8 Å². The number of nitrogens with one attached hydrogen (secondary N) is 1. The maximum Gasteiger partial charge on any atom is 0.238 e. The standard InChI is InChI=1S/C17H27N3O/c1-17(2,3)14-6-5-10-20(11-8-14)13-16(21)19-15-7-4-9-18-12-15/h4,7,9,12,14H,5-6,8,10-11,13H2,1-3H3,(H,19,21). The summed E-state index contributed by atoms with van der Waals surface area (Å²) in [6.07, 6.45) is 7.02. The molecule has 1 aromatic rings. The fourth-order valence-electron chi connectivity index (χ4n) is 3.02. The molecule has 1 saturated heterocycles. The van der Waals surface area contributed by atoms with Gasteiger partial charge in [0.2, 0.25) is 5.91 Å². The molecule has 0 bridgehead atoms. The summed E-state index contributed by atoms with van der Waals surface area (Å²) in [4.78, 5) is 18.4. The fraction of sp³-hybridized carbons (Fsp3) is 0.647. The molecule has 21 heavy (non-hydrogen) atoms. The average Bonchev–Trinajstić information content (AvgIpc) is 2.65. The molecule has 2 rings (SSSR count). The van der Waals surface area contributed by atoms with Crippen molar-refractivity contribution in [1.82, 2.24) is 9.88 Å². The number of hydrogen-bond acceptors (Lipinski definition) is 3. The molecule has 0 radical (unpaired) electrons. The Balaban J connectivity index is 1.82. The predicted octanol–water partition coefficient (Wildman–Crippen LogP) is 3.17. The Labute approximate surface area is 127 Å². The van der Waals surface area contributed by atoms with E-state index >= 15 is 0 Å². The third-order valence-electron chi connectivity index (χ3n) is 4.36. The molecule has 0 aliphatic carbocycles. The first-order valence-corrected chi connectivity index (χ1v) is 7.87. The summed E-state index contributed by atoms with van der Waals surface area (Å²) in [5.41, 5.74) is 1.14. The van der Waals surface area contributed by atoms with Crippen LogP contribution in [0.5, 0.6) is 0 Å². The Morgan fingerprint density at radius 3 is 2.86 bits per heavy atom. The Morgan fingerprint density at radius 1 is 1.38 bits per heavy atom. The van der Waals surface area contributed by atoms with Gasteiger partial charge in [-0.3, -0.25) is 14.7 Å². The Bertz CT molecular complexity index is 453. The lowest BCUT2D eigenvalue weighted by Gasteiger charge is -2.29. The lowest BCUT2D eigenvalue weighted by molar-refractivity contribution is -0.117. The van der Waals surface area contributed by atoms with Gasteiger partial charge in [-0.25, -0.2) is 0 Å². The quantitative estimate of drug-likeness (QED) is 0.929. The maximum absolute atomic E-state index is 12.1. The smallest absolute Gasteiger partial charge is 0.238 e. The van der Waals surface area contributed by atoms with Crippen molar-refractivity contribution in [2.24, 2.45) is 11.3 Å². The lowest BCUT2D eigenvalue weighted by Crippen LogP contribution is -2.34. The minimum Gasteiger partial charge on any atom is -0.324 e. The highest BCUT2D eigenvalue weighted by Crippen LogP contribution is 2.34. The molecular formula is C17H27N3O. The number of likely N-dealkylation sites (tertiary alicyclic amines) is 1. The Hall–Kier alpha value is -1.42. The summed E-state index contributed by atoms with van der Waals surface area (Å²) in [7, 11) is 0. The van der Waals surface area contributed by atoms with E-state index in [-0.39, 0.29) is 5.91 Å². The van der Waals surface area contributed by atoms with E-state index in [0.717, 1.165) is 24.7 Å². The van der Waals surface area contributed by atoms with Crippen LogP contribution in [0.15, 0.2) is 24.5 Å². The molecule has 1 unspecified atom stereocenters. The molecule has 1 amide bonds. The number of amides is 1. The van der Waals surface area contributed by atoms with Crippen LogP contribution in [-0.2, 0) is 4.79 Å². The van der Waals surface area contributed by atoms with Crippen LogP contribution in [0.4, 0.5) is 5.69 Å². The molecule has 1 aliphatic heterocycles. The molecule has 1 N–H and O–H groups in total. The maximum atomic E-state index is 12.1. The van der Waals surface area contributed by atoms with Crippen molar-refractivity contribution in [3.63, 3.8) is 0 Å². The van der Waals surface area contributed by atoms with E-state index in [1.165, 1.54) is 19.3 Å². The van der Waals surface area contributed by atoms with Gasteiger partial charge < -0.3 is 5.32 Å². The first-order chi connectivity index (χ1) is 9.95. The van der Waals surface area contributed by atoms with E-state index < -0.39 is 0 Å². The van der Waals surface area contributed by atoms with E-state index in [1.807, 2.05) is 12.1 Å². The molecule has 1 aromatic heterocycles. The molecule has 1 fully saturated rings. The summed E-state index contributed by atoms with van der Waals surface area (Å²) in [5, 5.41) is 2.91. The van der Waals surface area contributed by atoms with Gasteiger partial charge in [0.25, 0.3) is 0 Å². The number of carbonyl (C=O) groups excluding carboxylic acids is 1. The van der Waals surface area contributed by atoms with Gasteiger partial charge in [0.15, 0.2) is 0 Å². The van der Waals surface area contributed by atoms with E-state index in [0.29, 0.717) is 12.0 Å². The van der Waals surface area contributed by atoms with E-state index in [9.17, 15) is 4.79 Å². The highest BCUT2D eigenvalue weighted by molar-refractivity contribution is 5.92. The molecule has 4 nitrogen and oxygen atoms in total. The van der Waals surface area contributed by atoms with Crippen LogP contribution in [-0.4, -0.2) is 35.4 Å². The second-order valence-corrected chi connectivity index (χ2v) is 7.06. The molecule has 2 heterocycles. The second kappa shape index (κ2) is 7.03. The van der Waals surface area contributed by atoms with Crippen molar-refractivity contribution < 1.29 is 4.79 Å². The summed E-state index contributed by atoms with van der Waals surface area (Å²) >= 11 is 0. The molecule has 0 aromatic carbocycles. The Kier molecular flexibility index (Phi) is 5.34. The Morgan fingerprint density at radius 2 is 2.19 bits per heavy atom. The zero-order valence-electron chi connectivity index (χ0n) is 13.4. The molecule has 0 saturated carbocycles. The van der Waals surface area contributed by atoms with Crippen LogP contribution in [0.25, 0.3) is 0 Å². The minimum absolute atomic E-state index is 0.0530. The van der Waals surface area contributed by atoms with E-state index in [2.05, 4.69) is 36.0 Å². The fourth-order valence-corrected chi connectivity index (χ4v) is 3.02. The van der Waals surface area contributed by atoms with Gasteiger partial charge >= 0.3 is 0 Å². The summed E-state index contributed by atoms with van der Waals surface area (Å²) in [5.74, 6) is 0.807. The zero-order chi connectivity index (χ0) is 15.3. The van der Waals surface area contributed by atoms with Crippen LogP contribution in [0.1, 0.15) is 40.0 Å². The molecule has 1 aliphatic rings. The minimum atomic E-state index is 0.0530. The predicted molar refractivity (Wildman–Crippen MR) is 86.1 cm³/mol. The van der Waals surface area contributed by atoms with Crippen LogP contribution in [0.2, 0.25) is 0 Å². The van der Waals surface area contributed by atoms with Crippen molar-refractivity contribution in [2.45, 2.75) is 40.0 Å². The normalized spacial score (nSPS) is 20.8. The average molecular weight is 289 g/mol. The third kappa shape index (κ3) is 5.12. The molecular weight excluding hydrogens is 262 g/mol. The highest BCUT2D eigenvalue weighted by Gasteiger charge is 2.27. The zero-order valence-corrected chi connectivity index (χ0v) is 13.4. The van der Waals surface area contributed by atoms with Gasteiger partial charge in [-0.05, 0) is 55.8 Å². The molecule has 116 valence electrons. The van der Waals surface area contributed by atoms with Crippen molar-refractivity contribution >= 4 is 11.6 Å². The summed E-state index contributed by atoms with van der Waals surface area (Å²) in [6, 6.07) is 3.69. The number of rotatable bonds is 3. The van der Waals surface area contributed by atoms with Crippen LogP contribution in [0, 0.1) is 11.3 Å². The van der Waals surface area contributed by atoms with Crippen LogP contribution in [0.3, 0.4) is 0 Å². The summed E-state index contributed by atoms with van der Waals surface area (Å²) < 4.78 is 0. The second-order valence-electron chi connectivity index (χ2n) is 7.06. The third-order valence-corrected chi connectivity index (χ3v) is 4.36. The molecule has 4 heteroatoms. The van der Waals surface area contributed by atoms with E-state index in [4.69, 9.17) is 0 Å². The highest BCUT2D eigenvalue weighted by atomic mass is 16.2. The van der Waals surface area contributed by atoms with Gasteiger partial charge in [-0.15, -0.1) is 0 Å². The van der Waals surface area contributed by atoms with Crippen LogP contribution >= 0.6 is 0 Å². The monoisotopic (exact) mass is 289 g/mol. The van der Waals surface area contributed by atoms with Crippen molar-refractivity contribution in [2.75, 3.05) is 25.0 Å². The van der Waals surface area contributed by atoms with Crippen molar-refractivity contribution in [3.05, 3.63) is 24.5 Å². The number of pyridine rings is 1. The van der Waals surface area contributed by atoms with Gasteiger partial charge in [0.05, 0.1) is 18.4 Å². The SMILES string of the molecule is CC(C)(C)C1CCCN(CC(=O)Nc2cccnc2)CC1. The number of hydrogen-bond donors (Lipinski definition) is 1. The number of aromatic nitrogens is 1. The van der Waals surface area contributed by atoms with Crippen molar-refractivity contribution in [3.8, 4) is 0 Å². The topological polar surface area (TPSA) is 45.2 Å². The first kappa shape index (κ1) is 16.0. The lowest BCUT2D eigenvalue weighted by atomic mass is 9.77. The van der Waals surface area contributed by atoms with E-state index in [1.54, 1.807) is 12.4 Å². The number of anilines is 1. The van der Waals surface area contributed by atoms with Crippen LogP contribution < -0.4 is 5.32 Å². The van der Waals surface area contributed by atoms with Crippen molar-refractivity contribution in [1.29, 1.82) is 0 Å². The molecule has 1 atom stereocenters. The van der Waals surface area contributed by atoms with Gasteiger partial charge in [-0.2, -0.15) is 0 Å². The number of nitrogens with zero attached hydrogens (tertiary/aromatic N) is 2. The largest absolute Gasteiger partial charge is 0.324 e.